The summed E-state index contributed by atoms with van der Waals surface area (Å²) in [6.07, 6.45) is 4.10. The number of hydrogen-bond donors (Lipinski definition) is 1. The second-order valence-electron chi connectivity index (χ2n) is 9.75. The molecule has 3 heterocycles. The zero-order chi connectivity index (χ0) is 28.3. The molecule has 0 radical (unpaired) electrons. The van der Waals surface area contributed by atoms with Gasteiger partial charge in [0.2, 0.25) is 5.91 Å². The summed E-state index contributed by atoms with van der Waals surface area (Å²) in [4.78, 5) is 41.5. The van der Waals surface area contributed by atoms with Gasteiger partial charge in [0, 0.05) is 24.8 Å². The van der Waals surface area contributed by atoms with Crippen molar-refractivity contribution in [3.8, 4) is 11.1 Å². The Morgan fingerprint density at radius 1 is 1.00 bits per heavy atom. The van der Waals surface area contributed by atoms with Gasteiger partial charge < -0.3 is 4.74 Å². The van der Waals surface area contributed by atoms with Crippen molar-refractivity contribution < 1.29 is 22.7 Å². The Morgan fingerprint density at radius 2 is 1.80 bits per heavy atom. The summed E-state index contributed by atoms with van der Waals surface area (Å²) in [5.74, 6) is 0.308. The SMILES string of the molecule is CC(C)COC(=O)N1CCN(c2cnc3ccc(-c4cncc(NS(=O)(=O)c5ccccc5)c4)cc3n2)C(=O)C1. The van der Waals surface area contributed by atoms with Gasteiger partial charge in [0.05, 0.1) is 40.6 Å². The molecule has 40 heavy (non-hydrogen) atoms. The minimum Gasteiger partial charge on any atom is -0.449 e. The van der Waals surface area contributed by atoms with E-state index < -0.39 is 16.1 Å². The summed E-state index contributed by atoms with van der Waals surface area (Å²) in [6, 6.07) is 15.2. The van der Waals surface area contributed by atoms with Crippen molar-refractivity contribution in [3.05, 3.63) is 73.2 Å². The minimum absolute atomic E-state index is 0.103. The average molecular weight is 561 g/mol. The molecule has 1 saturated heterocycles. The Kier molecular flexibility index (Phi) is 7.60. The summed E-state index contributed by atoms with van der Waals surface area (Å²) in [7, 11) is -3.77. The second-order valence-corrected chi connectivity index (χ2v) is 11.4. The first-order valence-corrected chi connectivity index (χ1v) is 14.2. The molecular weight excluding hydrogens is 532 g/mol. The summed E-state index contributed by atoms with van der Waals surface area (Å²) in [5.41, 5.74) is 2.92. The lowest BCUT2D eigenvalue weighted by molar-refractivity contribution is -0.121. The van der Waals surface area contributed by atoms with E-state index in [1.165, 1.54) is 34.3 Å². The lowest BCUT2D eigenvalue weighted by Gasteiger charge is -2.33. The number of carbonyl (C=O) groups excluding carboxylic acids is 2. The van der Waals surface area contributed by atoms with E-state index in [-0.39, 0.29) is 29.8 Å². The molecule has 12 heteroatoms. The number of benzene rings is 2. The smallest absolute Gasteiger partial charge is 0.410 e. The predicted octanol–water partition coefficient (Wildman–Crippen LogP) is 3.93. The van der Waals surface area contributed by atoms with Gasteiger partial charge in [0.1, 0.15) is 6.54 Å². The van der Waals surface area contributed by atoms with Gasteiger partial charge in [-0.25, -0.2) is 18.2 Å². The number of aromatic nitrogens is 3. The van der Waals surface area contributed by atoms with Crippen LogP contribution in [0.4, 0.5) is 16.3 Å². The number of amides is 2. The number of ether oxygens (including phenoxy) is 1. The molecule has 206 valence electrons. The van der Waals surface area contributed by atoms with Crippen molar-refractivity contribution in [2.24, 2.45) is 5.92 Å². The van der Waals surface area contributed by atoms with E-state index in [9.17, 15) is 18.0 Å². The van der Waals surface area contributed by atoms with Gasteiger partial charge >= 0.3 is 6.09 Å². The normalized spacial score (nSPS) is 14.0. The highest BCUT2D eigenvalue weighted by Crippen LogP contribution is 2.27. The van der Waals surface area contributed by atoms with E-state index >= 15 is 0 Å². The molecule has 0 saturated carbocycles. The van der Waals surface area contributed by atoms with Gasteiger partial charge in [0.15, 0.2) is 5.82 Å². The van der Waals surface area contributed by atoms with Crippen LogP contribution in [0.5, 0.6) is 0 Å². The molecule has 1 fully saturated rings. The van der Waals surface area contributed by atoms with Crippen LogP contribution in [0.3, 0.4) is 0 Å². The van der Waals surface area contributed by atoms with Crippen LogP contribution in [0.25, 0.3) is 22.2 Å². The molecule has 2 amide bonds. The molecule has 4 aromatic rings. The van der Waals surface area contributed by atoms with Gasteiger partial charge in [-0.3, -0.25) is 29.3 Å². The van der Waals surface area contributed by atoms with E-state index in [2.05, 4.69) is 19.7 Å². The van der Waals surface area contributed by atoms with Crippen molar-refractivity contribution in [2.75, 3.05) is 35.9 Å². The van der Waals surface area contributed by atoms with E-state index in [0.717, 1.165) is 5.56 Å². The molecule has 0 unspecified atom stereocenters. The molecular formula is C28H28N6O5S. The maximum Gasteiger partial charge on any atom is 0.410 e. The van der Waals surface area contributed by atoms with Crippen LogP contribution < -0.4 is 9.62 Å². The molecule has 0 bridgehead atoms. The maximum absolute atomic E-state index is 12.9. The van der Waals surface area contributed by atoms with Crippen LogP contribution in [-0.2, 0) is 19.6 Å². The molecule has 1 aliphatic heterocycles. The van der Waals surface area contributed by atoms with Crippen LogP contribution in [0, 0.1) is 5.92 Å². The summed E-state index contributed by atoms with van der Waals surface area (Å²) >= 11 is 0. The largest absolute Gasteiger partial charge is 0.449 e. The number of sulfonamides is 1. The molecule has 0 aliphatic carbocycles. The molecule has 1 N–H and O–H groups in total. The lowest BCUT2D eigenvalue weighted by Crippen LogP contribution is -2.52. The first kappa shape index (κ1) is 27.0. The number of anilines is 2. The number of piperazine rings is 1. The molecule has 1 aliphatic rings. The van der Waals surface area contributed by atoms with Crippen LogP contribution >= 0.6 is 0 Å². The zero-order valence-electron chi connectivity index (χ0n) is 22.0. The van der Waals surface area contributed by atoms with Crippen molar-refractivity contribution in [3.63, 3.8) is 0 Å². The van der Waals surface area contributed by atoms with E-state index in [0.29, 0.717) is 41.3 Å². The second kappa shape index (κ2) is 11.3. The van der Waals surface area contributed by atoms with Gasteiger partial charge in [-0.15, -0.1) is 0 Å². The maximum atomic E-state index is 12.9. The standard InChI is InChI=1S/C28H28N6O5S/c1-19(2)18-39-28(36)33-10-11-34(27(35)17-33)26-16-30-24-9-8-20(13-25(24)31-26)21-12-22(15-29-14-21)32-40(37,38)23-6-4-3-5-7-23/h3-9,12-16,19,32H,10-11,17-18H2,1-2H3. The number of carbonyl (C=O) groups is 2. The molecule has 2 aromatic heterocycles. The molecule has 2 aromatic carbocycles. The van der Waals surface area contributed by atoms with Crippen LogP contribution in [0.15, 0.2) is 78.1 Å². The third-order valence-corrected chi connectivity index (χ3v) is 7.60. The van der Waals surface area contributed by atoms with E-state index in [4.69, 9.17) is 4.74 Å². The lowest BCUT2D eigenvalue weighted by atomic mass is 10.1. The monoisotopic (exact) mass is 560 g/mol. The molecule has 0 atom stereocenters. The first-order valence-electron chi connectivity index (χ1n) is 12.7. The average Bonchev–Trinajstić information content (AvgIpc) is 2.95. The predicted molar refractivity (Wildman–Crippen MR) is 150 cm³/mol. The minimum atomic E-state index is -3.77. The van der Waals surface area contributed by atoms with E-state index in [1.54, 1.807) is 36.5 Å². The Morgan fingerprint density at radius 3 is 2.55 bits per heavy atom. The Labute approximate surface area is 231 Å². The quantitative estimate of drug-likeness (QED) is 0.359. The number of hydrogen-bond acceptors (Lipinski definition) is 8. The molecule has 11 nitrogen and oxygen atoms in total. The fraction of sp³-hybridized carbons (Fsp3) is 0.250. The Bertz CT molecular complexity index is 1660. The number of rotatable bonds is 7. The van der Waals surface area contributed by atoms with Crippen LogP contribution in [0.2, 0.25) is 0 Å². The zero-order valence-corrected chi connectivity index (χ0v) is 22.8. The van der Waals surface area contributed by atoms with Crippen molar-refractivity contribution in [2.45, 2.75) is 18.7 Å². The van der Waals surface area contributed by atoms with Crippen LogP contribution in [-0.4, -0.2) is 66.5 Å². The highest BCUT2D eigenvalue weighted by Gasteiger charge is 2.30. The highest BCUT2D eigenvalue weighted by atomic mass is 32.2. The van der Waals surface area contributed by atoms with Crippen molar-refractivity contribution in [1.29, 1.82) is 0 Å². The summed E-state index contributed by atoms with van der Waals surface area (Å²) < 4.78 is 33.3. The van der Waals surface area contributed by atoms with Gasteiger partial charge in [-0.1, -0.05) is 38.1 Å². The number of nitrogens with one attached hydrogen (secondary N) is 1. The Balaban J connectivity index is 1.34. The fourth-order valence-electron chi connectivity index (χ4n) is 4.18. The molecule has 0 spiro atoms. The van der Waals surface area contributed by atoms with Crippen molar-refractivity contribution in [1.82, 2.24) is 19.9 Å². The topological polar surface area (TPSA) is 135 Å². The van der Waals surface area contributed by atoms with Crippen LogP contribution in [0.1, 0.15) is 13.8 Å². The third-order valence-electron chi connectivity index (χ3n) is 6.20. The highest BCUT2D eigenvalue weighted by molar-refractivity contribution is 7.92. The van der Waals surface area contributed by atoms with Gasteiger partial charge in [-0.2, -0.15) is 0 Å². The molecule has 5 rings (SSSR count). The number of fused-ring (bicyclic) bond motifs is 1. The summed E-state index contributed by atoms with van der Waals surface area (Å²) in [6.45, 7) is 4.67. The summed E-state index contributed by atoms with van der Waals surface area (Å²) in [5, 5.41) is 0. The van der Waals surface area contributed by atoms with Gasteiger partial charge in [0.25, 0.3) is 10.0 Å². The van der Waals surface area contributed by atoms with Gasteiger partial charge in [-0.05, 0) is 41.8 Å². The fourth-order valence-corrected chi connectivity index (χ4v) is 5.23. The van der Waals surface area contributed by atoms with E-state index in [1.807, 2.05) is 26.0 Å². The number of pyridine rings is 1. The number of nitrogens with zero attached hydrogens (tertiary/aromatic N) is 5. The van der Waals surface area contributed by atoms with Crippen molar-refractivity contribution >= 4 is 44.6 Å². The Hall–Kier alpha value is -4.58. The third kappa shape index (κ3) is 6.01. The first-order chi connectivity index (χ1) is 19.2.